The van der Waals surface area contributed by atoms with E-state index >= 15 is 0 Å². The van der Waals surface area contributed by atoms with Gasteiger partial charge in [-0.3, -0.25) is 0 Å². The van der Waals surface area contributed by atoms with E-state index in [-0.39, 0.29) is 22.7 Å². The van der Waals surface area contributed by atoms with Crippen molar-refractivity contribution in [3.8, 4) is 5.75 Å². The zero-order chi connectivity index (χ0) is 19.4. The fourth-order valence-electron chi connectivity index (χ4n) is 3.48. The van der Waals surface area contributed by atoms with Gasteiger partial charge in [0.1, 0.15) is 17.4 Å². The lowest BCUT2D eigenvalue weighted by Crippen LogP contribution is -2.41. The Hall–Kier alpha value is -1.56. The molecule has 0 saturated carbocycles. The molecule has 1 N–H and O–H groups in total. The fraction of sp³-hybridized carbons (Fsp3) is 0.333. The highest BCUT2D eigenvalue weighted by Gasteiger charge is 2.29. The van der Waals surface area contributed by atoms with Gasteiger partial charge < -0.3 is 10.1 Å². The molecule has 2 nitrogen and oxygen atoms in total. The SMILES string of the molecule is CCNC1CCC=C(c2ccc(F)cc2)C1COc1cc(F)c(S)cc1Cl. The minimum Gasteiger partial charge on any atom is -0.491 e. The van der Waals surface area contributed by atoms with E-state index in [1.807, 2.05) is 0 Å². The number of rotatable bonds is 6. The summed E-state index contributed by atoms with van der Waals surface area (Å²) in [5, 5.41) is 3.83. The summed E-state index contributed by atoms with van der Waals surface area (Å²) in [6, 6.07) is 9.40. The molecule has 0 spiro atoms. The molecular formula is C21H22ClF2NOS. The summed E-state index contributed by atoms with van der Waals surface area (Å²) in [6.07, 6.45) is 4.09. The third kappa shape index (κ3) is 4.84. The van der Waals surface area contributed by atoms with Crippen LogP contribution in [0.3, 0.4) is 0 Å². The minimum absolute atomic E-state index is 0.0407. The minimum atomic E-state index is -0.473. The van der Waals surface area contributed by atoms with Gasteiger partial charge in [0, 0.05) is 22.9 Å². The van der Waals surface area contributed by atoms with Gasteiger partial charge in [0.15, 0.2) is 0 Å². The van der Waals surface area contributed by atoms with E-state index in [4.69, 9.17) is 16.3 Å². The smallest absolute Gasteiger partial charge is 0.140 e. The van der Waals surface area contributed by atoms with Crippen LogP contribution in [0, 0.1) is 17.6 Å². The highest BCUT2D eigenvalue weighted by molar-refractivity contribution is 7.80. The normalized spacial score (nSPS) is 19.7. The van der Waals surface area contributed by atoms with E-state index in [1.165, 1.54) is 24.3 Å². The first kappa shape index (κ1) is 20.2. The van der Waals surface area contributed by atoms with Crippen LogP contribution in [0.1, 0.15) is 25.3 Å². The highest BCUT2D eigenvalue weighted by Crippen LogP contribution is 2.35. The molecule has 0 heterocycles. The van der Waals surface area contributed by atoms with Gasteiger partial charge in [0.25, 0.3) is 0 Å². The van der Waals surface area contributed by atoms with Crippen molar-refractivity contribution in [1.29, 1.82) is 0 Å². The van der Waals surface area contributed by atoms with Crippen molar-refractivity contribution in [2.45, 2.75) is 30.7 Å². The Morgan fingerprint density at radius 1 is 1.22 bits per heavy atom. The van der Waals surface area contributed by atoms with E-state index in [2.05, 4.69) is 30.9 Å². The van der Waals surface area contributed by atoms with Gasteiger partial charge in [-0.05, 0) is 48.7 Å². The van der Waals surface area contributed by atoms with Crippen LogP contribution in [0.25, 0.3) is 5.57 Å². The lowest BCUT2D eigenvalue weighted by molar-refractivity contribution is 0.236. The first-order valence-corrected chi connectivity index (χ1v) is 9.82. The van der Waals surface area contributed by atoms with Crippen LogP contribution < -0.4 is 10.1 Å². The van der Waals surface area contributed by atoms with Crippen LogP contribution in [0.4, 0.5) is 8.78 Å². The van der Waals surface area contributed by atoms with Crippen molar-refractivity contribution in [3.63, 3.8) is 0 Å². The second kappa shape index (κ2) is 9.09. The van der Waals surface area contributed by atoms with Gasteiger partial charge >= 0.3 is 0 Å². The molecule has 2 atom stereocenters. The van der Waals surface area contributed by atoms with E-state index in [0.717, 1.165) is 30.5 Å². The molecule has 0 aromatic heterocycles. The first-order chi connectivity index (χ1) is 13.0. The molecule has 0 bridgehead atoms. The maximum Gasteiger partial charge on any atom is 0.140 e. The number of allylic oxidation sites excluding steroid dienone is 1. The molecule has 0 saturated heterocycles. The molecule has 6 heteroatoms. The molecular weight excluding hydrogens is 388 g/mol. The van der Waals surface area contributed by atoms with Crippen molar-refractivity contribution in [2.75, 3.05) is 13.2 Å². The number of ether oxygens (including phenoxy) is 1. The second-order valence-corrected chi connectivity index (χ2v) is 7.45. The van der Waals surface area contributed by atoms with Crippen molar-refractivity contribution in [1.82, 2.24) is 5.32 Å². The predicted octanol–water partition coefficient (Wildman–Crippen LogP) is 5.76. The molecule has 0 radical (unpaired) electrons. The van der Waals surface area contributed by atoms with E-state index in [9.17, 15) is 8.78 Å². The lowest BCUT2D eigenvalue weighted by atomic mass is 9.80. The standard InChI is InChI=1S/C21H22ClF2NOS/c1-2-25-19-5-3-4-15(13-6-8-14(23)9-7-13)16(19)12-26-20-11-18(24)21(27)10-17(20)22/h4,6-11,16,19,25,27H,2-3,5,12H2,1H3. The summed E-state index contributed by atoms with van der Waals surface area (Å²) in [5.74, 6) is -0.399. The summed E-state index contributed by atoms with van der Waals surface area (Å²) in [4.78, 5) is 0.183. The van der Waals surface area contributed by atoms with E-state index in [0.29, 0.717) is 17.4 Å². The summed E-state index contributed by atoms with van der Waals surface area (Å²) in [7, 11) is 0. The van der Waals surface area contributed by atoms with Gasteiger partial charge in [0.2, 0.25) is 0 Å². The highest BCUT2D eigenvalue weighted by atomic mass is 35.5. The average Bonchev–Trinajstić information content (AvgIpc) is 2.65. The van der Waals surface area contributed by atoms with Crippen LogP contribution >= 0.6 is 24.2 Å². The molecule has 0 aliphatic heterocycles. The lowest BCUT2D eigenvalue weighted by Gasteiger charge is -2.33. The van der Waals surface area contributed by atoms with Crippen LogP contribution in [0.15, 0.2) is 47.4 Å². The number of thiol groups is 1. The van der Waals surface area contributed by atoms with Crippen molar-refractivity contribution < 1.29 is 13.5 Å². The second-order valence-electron chi connectivity index (χ2n) is 6.56. The van der Waals surface area contributed by atoms with Crippen LogP contribution in [0.2, 0.25) is 5.02 Å². The zero-order valence-electron chi connectivity index (χ0n) is 15.0. The van der Waals surface area contributed by atoms with Gasteiger partial charge in [-0.25, -0.2) is 8.78 Å². The van der Waals surface area contributed by atoms with E-state index < -0.39 is 5.82 Å². The van der Waals surface area contributed by atoms with Crippen molar-refractivity contribution >= 4 is 29.8 Å². The molecule has 2 unspecified atom stereocenters. The average molecular weight is 410 g/mol. The van der Waals surface area contributed by atoms with Crippen molar-refractivity contribution in [3.05, 3.63) is 64.7 Å². The Bertz CT molecular complexity index is 826. The maximum atomic E-state index is 13.8. The van der Waals surface area contributed by atoms with Crippen LogP contribution in [0.5, 0.6) is 5.75 Å². The van der Waals surface area contributed by atoms with Crippen LogP contribution in [-0.2, 0) is 0 Å². The monoisotopic (exact) mass is 409 g/mol. The molecule has 1 aliphatic carbocycles. The van der Waals surface area contributed by atoms with Crippen molar-refractivity contribution in [2.24, 2.45) is 5.92 Å². The largest absolute Gasteiger partial charge is 0.491 e. The molecule has 1 aliphatic rings. The Morgan fingerprint density at radius 3 is 2.67 bits per heavy atom. The molecule has 2 aromatic rings. The number of benzene rings is 2. The molecule has 144 valence electrons. The van der Waals surface area contributed by atoms with Gasteiger partial charge in [-0.2, -0.15) is 0 Å². The topological polar surface area (TPSA) is 21.3 Å². The molecule has 0 fully saturated rings. The molecule has 27 heavy (non-hydrogen) atoms. The Labute approximate surface area is 169 Å². The van der Waals surface area contributed by atoms with Gasteiger partial charge in [-0.15, -0.1) is 12.6 Å². The summed E-state index contributed by atoms with van der Waals surface area (Å²) in [6.45, 7) is 3.24. The number of nitrogens with one attached hydrogen (secondary N) is 1. The summed E-state index contributed by atoms with van der Waals surface area (Å²) < 4.78 is 33.1. The molecule has 2 aromatic carbocycles. The maximum absolute atomic E-state index is 13.8. The quantitative estimate of drug-likeness (QED) is 0.592. The van der Waals surface area contributed by atoms with E-state index in [1.54, 1.807) is 12.1 Å². The van der Waals surface area contributed by atoms with Gasteiger partial charge in [0.05, 0.1) is 11.6 Å². The van der Waals surface area contributed by atoms with Crippen LogP contribution in [-0.4, -0.2) is 19.2 Å². The number of hydrogen-bond acceptors (Lipinski definition) is 3. The number of halogens is 3. The predicted molar refractivity (Wildman–Crippen MR) is 109 cm³/mol. The Balaban J connectivity index is 1.85. The fourth-order valence-corrected chi connectivity index (χ4v) is 3.97. The molecule has 0 amide bonds. The summed E-state index contributed by atoms with van der Waals surface area (Å²) >= 11 is 10.2. The summed E-state index contributed by atoms with van der Waals surface area (Å²) in [5.41, 5.74) is 2.07. The third-order valence-electron chi connectivity index (χ3n) is 4.79. The molecule has 3 rings (SSSR count). The first-order valence-electron chi connectivity index (χ1n) is 8.99. The Kier molecular flexibility index (Phi) is 6.79. The number of hydrogen-bond donors (Lipinski definition) is 2. The Morgan fingerprint density at radius 2 is 1.96 bits per heavy atom. The third-order valence-corrected chi connectivity index (χ3v) is 5.43. The zero-order valence-corrected chi connectivity index (χ0v) is 16.7. The van der Waals surface area contributed by atoms with Gasteiger partial charge in [-0.1, -0.05) is 36.7 Å².